The first-order chi connectivity index (χ1) is 14.1. The minimum Gasteiger partial charge on any atom is -0.357 e. The molecule has 4 nitrogen and oxygen atoms in total. The van der Waals surface area contributed by atoms with Crippen LogP contribution in [-0.4, -0.2) is 23.8 Å². The first-order valence-corrected chi connectivity index (χ1v) is 9.43. The minimum absolute atomic E-state index is 0.169. The standard InChI is InChI=1S/C24H23FN2O2/c1-26-24(29)23(20-10-6-3-7-11-20)27(17-19-12-14-21(25)15-13-19)22(28)16-18-8-4-2-5-9-18/h2-15,23H,16-17H2,1H3,(H,26,29)/t23-/m0/s1. The van der Waals surface area contributed by atoms with Gasteiger partial charge < -0.3 is 10.2 Å². The Kier molecular flexibility index (Phi) is 6.74. The number of hydrogen-bond donors (Lipinski definition) is 1. The van der Waals surface area contributed by atoms with Gasteiger partial charge in [0.2, 0.25) is 11.8 Å². The Bertz CT molecular complexity index is 944. The molecule has 0 aliphatic heterocycles. The molecule has 0 aliphatic rings. The summed E-state index contributed by atoms with van der Waals surface area (Å²) in [5.41, 5.74) is 2.33. The zero-order chi connectivity index (χ0) is 20.6. The Balaban J connectivity index is 1.98. The molecule has 0 saturated carbocycles. The zero-order valence-electron chi connectivity index (χ0n) is 16.2. The quantitative estimate of drug-likeness (QED) is 0.666. The maximum absolute atomic E-state index is 13.3. The summed E-state index contributed by atoms with van der Waals surface area (Å²) in [4.78, 5) is 27.6. The highest BCUT2D eigenvalue weighted by molar-refractivity contribution is 5.89. The molecule has 3 aromatic carbocycles. The second kappa shape index (κ2) is 9.64. The Morgan fingerprint density at radius 3 is 2.03 bits per heavy atom. The highest BCUT2D eigenvalue weighted by Crippen LogP contribution is 2.25. The van der Waals surface area contributed by atoms with Crippen LogP contribution in [0, 0.1) is 5.82 Å². The van der Waals surface area contributed by atoms with Gasteiger partial charge in [0.1, 0.15) is 11.9 Å². The van der Waals surface area contributed by atoms with Crippen molar-refractivity contribution in [2.75, 3.05) is 7.05 Å². The predicted molar refractivity (Wildman–Crippen MR) is 110 cm³/mol. The van der Waals surface area contributed by atoms with E-state index in [1.807, 2.05) is 60.7 Å². The average Bonchev–Trinajstić information content (AvgIpc) is 2.76. The average molecular weight is 390 g/mol. The molecule has 0 heterocycles. The Morgan fingerprint density at radius 1 is 0.862 bits per heavy atom. The maximum atomic E-state index is 13.3. The van der Waals surface area contributed by atoms with Crippen LogP contribution in [0.25, 0.3) is 0 Å². The summed E-state index contributed by atoms with van der Waals surface area (Å²) in [6.45, 7) is 0.193. The lowest BCUT2D eigenvalue weighted by Crippen LogP contribution is -2.43. The second-order valence-electron chi connectivity index (χ2n) is 6.74. The number of hydrogen-bond acceptors (Lipinski definition) is 2. The summed E-state index contributed by atoms with van der Waals surface area (Å²) in [7, 11) is 1.55. The Labute approximate surface area is 170 Å². The molecule has 0 aliphatic carbocycles. The highest BCUT2D eigenvalue weighted by atomic mass is 19.1. The van der Waals surface area contributed by atoms with E-state index >= 15 is 0 Å². The van der Waals surface area contributed by atoms with Crippen molar-refractivity contribution < 1.29 is 14.0 Å². The number of rotatable bonds is 7. The third kappa shape index (κ3) is 5.29. The van der Waals surface area contributed by atoms with E-state index in [1.54, 1.807) is 24.1 Å². The summed E-state index contributed by atoms with van der Waals surface area (Å²) in [5.74, 6) is -0.806. The largest absolute Gasteiger partial charge is 0.357 e. The van der Waals surface area contributed by atoms with Gasteiger partial charge in [-0.1, -0.05) is 72.8 Å². The number of carbonyl (C=O) groups excluding carboxylic acids is 2. The minimum atomic E-state index is -0.789. The van der Waals surface area contributed by atoms with Crippen LogP contribution in [0.3, 0.4) is 0 Å². The van der Waals surface area contributed by atoms with Crippen molar-refractivity contribution in [3.8, 4) is 0 Å². The van der Waals surface area contributed by atoms with Gasteiger partial charge in [0, 0.05) is 13.6 Å². The molecule has 0 aromatic heterocycles. The number of amides is 2. The number of benzene rings is 3. The topological polar surface area (TPSA) is 49.4 Å². The van der Waals surface area contributed by atoms with Crippen LogP contribution in [0.5, 0.6) is 0 Å². The number of likely N-dealkylation sites (N-methyl/N-ethyl adjacent to an activating group) is 1. The van der Waals surface area contributed by atoms with Gasteiger partial charge in [-0.05, 0) is 28.8 Å². The summed E-state index contributed by atoms with van der Waals surface area (Å²) < 4.78 is 13.3. The summed E-state index contributed by atoms with van der Waals surface area (Å²) in [5, 5.41) is 2.66. The Hall–Kier alpha value is -3.47. The van der Waals surface area contributed by atoms with Gasteiger partial charge in [-0.25, -0.2) is 4.39 Å². The molecule has 0 unspecified atom stereocenters. The van der Waals surface area contributed by atoms with E-state index in [0.717, 1.165) is 16.7 Å². The molecule has 29 heavy (non-hydrogen) atoms. The fourth-order valence-electron chi connectivity index (χ4n) is 3.23. The molecule has 148 valence electrons. The van der Waals surface area contributed by atoms with Crippen molar-refractivity contribution >= 4 is 11.8 Å². The lowest BCUT2D eigenvalue weighted by Gasteiger charge is -2.31. The lowest BCUT2D eigenvalue weighted by molar-refractivity contribution is -0.141. The molecule has 0 fully saturated rings. The van der Waals surface area contributed by atoms with Crippen molar-refractivity contribution in [2.45, 2.75) is 19.0 Å². The third-order valence-corrected chi connectivity index (χ3v) is 4.71. The van der Waals surface area contributed by atoms with Crippen molar-refractivity contribution in [1.82, 2.24) is 10.2 Å². The van der Waals surface area contributed by atoms with Crippen LogP contribution in [-0.2, 0) is 22.6 Å². The molecule has 1 atom stereocenters. The van der Waals surface area contributed by atoms with Gasteiger partial charge in [-0.3, -0.25) is 9.59 Å². The smallest absolute Gasteiger partial charge is 0.247 e. The molecule has 0 radical (unpaired) electrons. The zero-order valence-corrected chi connectivity index (χ0v) is 16.2. The van der Waals surface area contributed by atoms with E-state index in [-0.39, 0.29) is 30.6 Å². The van der Waals surface area contributed by atoms with Gasteiger partial charge >= 0.3 is 0 Å². The molecule has 3 aromatic rings. The van der Waals surface area contributed by atoms with E-state index in [1.165, 1.54) is 12.1 Å². The van der Waals surface area contributed by atoms with Gasteiger partial charge in [-0.2, -0.15) is 0 Å². The molecule has 0 bridgehead atoms. The Morgan fingerprint density at radius 2 is 1.45 bits per heavy atom. The van der Waals surface area contributed by atoms with E-state index < -0.39 is 6.04 Å². The van der Waals surface area contributed by atoms with E-state index in [9.17, 15) is 14.0 Å². The number of halogens is 1. The molecule has 2 amide bonds. The summed E-state index contributed by atoms with van der Waals surface area (Å²) >= 11 is 0. The van der Waals surface area contributed by atoms with E-state index in [4.69, 9.17) is 0 Å². The monoisotopic (exact) mass is 390 g/mol. The van der Waals surface area contributed by atoms with Crippen molar-refractivity contribution in [2.24, 2.45) is 0 Å². The molecule has 3 rings (SSSR count). The maximum Gasteiger partial charge on any atom is 0.247 e. The number of carbonyl (C=O) groups is 2. The normalized spacial score (nSPS) is 11.5. The number of nitrogens with one attached hydrogen (secondary N) is 1. The summed E-state index contributed by atoms with van der Waals surface area (Å²) in [6.07, 6.45) is 0.169. The van der Waals surface area contributed by atoms with Crippen molar-refractivity contribution in [3.63, 3.8) is 0 Å². The fourth-order valence-corrected chi connectivity index (χ4v) is 3.23. The van der Waals surface area contributed by atoms with Crippen LogP contribution >= 0.6 is 0 Å². The highest BCUT2D eigenvalue weighted by Gasteiger charge is 2.30. The van der Waals surface area contributed by atoms with Crippen molar-refractivity contribution in [3.05, 3.63) is 107 Å². The summed E-state index contributed by atoms with van der Waals surface area (Å²) in [6, 6.07) is 23.8. The second-order valence-corrected chi connectivity index (χ2v) is 6.74. The third-order valence-electron chi connectivity index (χ3n) is 4.71. The first kappa shape index (κ1) is 20.3. The van der Waals surface area contributed by atoms with Gasteiger partial charge in [0.05, 0.1) is 6.42 Å². The first-order valence-electron chi connectivity index (χ1n) is 9.43. The van der Waals surface area contributed by atoms with Crippen LogP contribution in [0.1, 0.15) is 22.7 Å². The molecular formula is C24H23FN2O2. The SMILES string of the molecule is CNC(=O)[C@H](c1ccccc1)N(Cc1ccc(F)cc1)C(=O)Cc1ccccc1. The van der Waals surface area contributed by atoms with Crippen LogP contribution in [0.4, 0.5) is 4.39 Å². The molecule has 5 heteroatoms. The molecule has 0 saturated heterocycles. The molecule has 0 spiro atoms. The molecule has 1 N–H and O–H groups in total. The van der Waals surface area contributed by atoms with Crippen LogP contribution in [0.2, 0.25) is 0 Å². The lowest BCUT2D eigenvalue weighted by atomic mass is 10.0. The van der Waals surface area contributed by atoms with Crippen LogP contribution < -0.4 is 5.32 Å². The number of nitrogens with zero attached hydrogens (tertiary/aromatic N) is 1. The van der Waals surface area contributed by atoms with Crippen molar-refractivity contribution in [1.29, 1.82) is 0 Å². The fraction of sp³-hybridized carbons (Fsp3) is 0.167. The van der Waals surface area contributed by atoms with E-state index in [2.05, 4.69) is 5.32 Å². The van der Waals surface area contributed by atoms with Gasteiger partial charge in [0.25, 0.3) is 0 Å². The van der Waals surface area contributed by atoms with Gasteiger partial charge in [-0.15, -0.1) is 0 Å². The van der Waals surface area contributed by atoms with Gasteiger partial charge in [0.15, 0.2) is 0 Å². The molecular weight excluding hydrogens is 367 g/mol. The van der Waals surface area contributed by atoms with E-state index in [0.29, 0.717) is 0 Å². The predicted octanol–water partition coefficient (Wildman–Crippen LogP) is 3.88. The van der Waals surface area contributed by atoms with Crippen LogP contribution in [0.15, 0.2) is 84.9 Å².